The number of hydrogen-bond donors (Lipinski definition) is 1. The first-order valence-corrected chi connectivity index (χ1v) is 8.97. The van der Waals surface area contributed by atoms with Gasteiger partial charge in [0.05, 0.1) is 5.69 Å². The molecule has 2 aliphatic rings. The second-order valence-electron chi connectivity index (χ2n) is 6.60. The molecule has 6 heteroatoms. The Labute approximate surface area is 135 Å². The van der Waals surface area contributed by atoms with Gasteiger partial charge >= 0.3 is 0 Å². The van der Waals surface area contributed by atoms with Crippen molar-refractivity contribution in [2.24, 2.45) is 11.8 Å². The van der Waals surface area contributed by atoms with Gasteiger partial charge in [0.25, 0.3) is 0 Å². The van der Waals surface area contributed by atoms with Crippen molar-refractivity contribution in [1.29, 1.82) is 0 Å². The van der Waals surface area contributed by atoms with Crippen LogP contribution in [0.1, 0.15) is 51.1 Å². The van der Waals surface area contributed by atoms with Gasteiger partial charge in [-0.1, -0.05) is 13.8 Å². The average Bonchev–Trinajstić information content (AvgIpc) is 3.27. The SMILES string of the molecule is CC(C)C(=O)N1CCC(C(=O)Nc2nc(C3CC3)cs2)CC1. The van der Waals surface area contributed by atoms with Crippen molar-refractivity contribution < 1.29 is 9.59 Å². The Balaban J connectivity index is 1.50. The van der Waals surface area contributed by atoms with Crippen LogP contribution in [0.15, 0.2) is 5.38 Å². The average molecular weight is 321 g/mol. The van der Waals surface area contributed by atoms with Crippen LogP contribution in [0.3, 0.4) is 0 Å². The molecule has 120 valence electrons. The van der Waals surface area contributed by atoms with Gasteiger partial charge in [0, 0.05) is 36.2 Å². The van der Waals surface area contributed by atoms with Gasteiger partial charge in [0.15, 0.2) is 5.13 Å². The van der Waals surface area contributed by atoms with Crippen molar-refractivity contribution in [3.8, 4) is 0 Å². The summed E-state index contributed by atoms with van der Waals surface area (Å²) >= 11 is 1.51. The summed E-state index contributed by atoms with van der Waals surface area (Å²) in [6.07, 6.45) is 3.93. The summed E-state index contributed by atoms with van der Waals surface area (Å²) in [4.78, 5) is 30.7. The summed E-state index contributed by atoms with van der Waals surface area (Å²) in [5, 5.41) is 5.71. The highest BCUT2D eigenvalue weighted by atomic mass is 32.1. The van der Waals surface area contributed by atoms with Crippen LogP contribution in [-0.4, -0.2) is 34.8 Å². The number of thiazole rings is 1. The summed E-state index contributed by atoms with van der Waals surface area (Å²) in [6, 6.07) is 0. The number of nitrogens with zero attached hydrogens (tertiary/aromatic N) is 2. The van der Waals surface area contributed by atoms with Crippen molar-refractivity contribution in [3.63, 3.8) is 0 Å². The van der Waals surface area contributed by atoms with E-state index < -0.39 is 0 Å². The lowest BCUT2D eigenvalue weighted by molar-refractivity contribution is -0.137. The van der Waals surface area contributed by atoms with Gasteiger partial charge in [-0.2, -0.15) is 0 Å². The number of amides is 2. The lowest BCUT2D eigenvalue weighted by Gasteiger charge is -2.32. The fraction of sp³-hybridized carbons (Fsp3) is 0.688. The number of piperidine rings is 1. The molecule has 1 aromatic rings. The summed E-state index contributed by atoms with van der Waals surface area (Å²) in [6.45, 7) is 5.20. The van der Waals surface area contributed by atoms with Crippen LogP contribution < -0.4 is 5.32 Å². The molecule has 0 radical (unpaired) electrons. The highest BCUT2D eigenvalue weighted by molar-refractivity contribution is 7.13. The molecule has 0 spiro atoms. The molecule has 22 heavy (non-hydrogen) atoms. The molecule has 0 unspecified atom stereocenters. The highest BCUT2D eigenvalue weighted by Crippen LogP contribution is 2.41. The summed E-state index contributed by atoms with van der Waals surface area (Å²) < 4.78 is 0. The number of carbonyl (C=O) groups excluding carboxylic acids is 2. The second kappa shape index (κ2) is 6.36. The lowest BCUT2D eigenvalue weighted by atomic mass is 9.95. The van der Waals surface area contributed by atoms with E-state index in [0.29, 0.717) is 24.1 Å². The minimum Gasteiger partial charge on any atom is -0.342 e. The van der Waals surface area contributed by atoms with E-state index in [1.54, 1.807) is 0 Å². The third kappa shape index (κ3) is 3.48. The minimum atomic E-state index is -0.00973. The number of hydrogen-bond acceptors (Lipinski definition) is 4. The fourth-order valence-electron chi connectivity index (χ4n) is 2.84. The molecule has 0 bridgehead atoms. The first kappa shape index (κ1) is 15.5. The van der Waals surface area contributed by atoms with Crippen molar-refractivity contribution in [2.75, 3.05) is 18.4 Å². The van der Waals surface area contributed by atoms with E-state index in [0.717, 1.165) is 18.5 Å². The van der Waals surface area contributed by atoms with Gasteiger partial charge < -0.3 is 10.2 Å². The molecule has 3 rings (SSSR count). The smallest absolute Gasteiger partial charge is 0.229 e. The summed E-state index contributed by atoms with van der Waals surface area (Å²) in [7, 11) is 0. The lowest BCUT2D eigenvalue weighted by Crippen LogP contribution is -2.43. The molecule has 1 aliphatic carbocycles. The van der Waals surface area contributed by atoms with Gasteiger partial charge in [-0.3, -0.25) is 9.59 Å². The maximum Gasteiger partial charge on any atom is 0.229 e. The van der Waals surface area contributed by atoms with Crippen molar-refractivity contribution in [1.82, 2.24) is 9.88 Å². The number of carbonyl (C=O) groups is 2. The van der Waals surface area contributed by atoms with Crippen molar-refractivity contribution >= 4 is 28.3 Å². The van der Waals surface area contributed by atoms with E-state index in [4.69, 9.17) is 0 Å². The fourth-order valence-corrected chi connectivity index (χ4v) is 3.64. The molecule has 1 aromatic heterocycles. The second-order valence-corrected chi connectivity index (χ2v) is 7.45. The third-order valence-electron chi connectivity index (χ3n) is 4.42. The Hall–Kier alpha value is -1.43. The zero-order chi connectivity index (χ0) is 15.7. The molecule has 2 amide bonds. The molecule has 1 saturated carbocycles. The molecule has 2 heterocycles. The minimum absolute atomic E-state index is 0.00973. The largest absolute Gasteiger partial charge is 0.342 e. The molecular weight excluding hydrogens is 298 g/mol. The number of aromatic nitrogens is 1. The monoisotopic (exact) mass is 321 g/mol. The number of anilines is 1. The van der Waals surface area contributed by atoms with Crippen LogP contribution in [0.2, 0.25) is 0 Å². The Kier molecular flexibility index (Phi) is 4.47. The number of nitrogens with one attached hydrogen (secondary N) is 1. The van der Waals surface area contributed by atoms with Gasteiger partial charge in [0.1, 0.15) is 0 Å². The standard InChI is InChI=1S/C16H23N3O2S/c1-10(2)15(21)19-7-5-12(6-8-19)14(20)18-16-17-13(9-22-16)11-3-4-11/h9-12H,3-8H2,1-2H3,(H,17,18,20). The Morgan fingerprint density at radius 2 is 1.95 bits per heavy atom. The molecular formula is C16H23N3O2S. The van der Waals surface area contributed by atoms with Crippen LogP contribution in [0.4, 0.5) is 5.13 Å². The van der Waals surface area contributed by atoms with Crippen LogP contribution in [0, 0.1) is 11.8 Å². The van der Waals surface area contributed by atoms with Gasteiger partial charge in [-0.25, -0.2) is 4.98 Å². The predicted molar refractivity (Wildman–Crippen MR) is 86.9 cm³/mol. The van der Waals surface area contributed by atoms with E-state index in [1.165, 1.54) is 24.2 Å². The van der Waals surface area contributed by atoms with E-state index in [9.17, 15) is 9.59 Å². The van der Waals surface area contributed by atoms with Crippen LogP contribution in [0.25, 0.3) is 0 Å². The van der Waals surface area contributed by atoms with Crippen LogP contribution in [0.5, 0.6) is 0 Å². The zero-order valence-corrected chi connectivity index (χ0v) is 14.0. The van der Waals surface area contributed by atoms with Crippen molar-refractivity contribution in [3.05, 3.63) is 11.1 Å². The van der Waals surface area contributed by atoms with Gasteiger partial charge in [-0.15, -0.1) is 11.3 Å². The highest BCUT2D eigenvalue weighted by Gasteiger charge is 2.29. The topological polar surface area (TPSA) is 62.3 Å². The van der Waals surface area contributed by atoms with E-state index >= 15 is 0 Å². The van der Waals surface area contributed by atoms with Crippen molar-refractivity contribution in [2.45, 2.75) is 45.4 Å². The predicted octanol–water partition coefficient (Wildman–Crippen LogP) is 2.85. The Morgan fingerprint density at radius 1 is 1.27 bits per heavy atom. The summed E-state index contributed by atoms with van der Waals surface area (Å²) in [5.41, 5.74) is 1.12. The van der Waals surface area contributed by atoms with Gasteiger partial charge in [0.2, 0.25) is 11.8 Å². The van der Waals surface area contributed by atoms with E-state index in [-0.39, 0.29) is 23.7 Å². The molecule has 5 nitrogen and oxygen atoms in total. The maximum atomic E-state index is 12.3. The van der Waals surface area contributed by atoms with Crippen LogP contribution in [-0.2, 0) is 9.59 Å². The normalized spacial score (nSPS) is 19.5. The first-order chi connectivity index (χ1) is 10.5. The first-order valence-electron chi connectivity index (χ1n) is 8.09. The molecule has 0 aromatic carbocycles. The van der Waals surface area contributed by atoms with E-state index in [2.05, 4.69) is 15.7 Å². The van der Waals surface area contributed by atoms with Crippen LogP contribution >= 0.6 is 11.3 Å². The maximum absolute atomic E-state index is 12.3. The Morgan fingerprint density at radius 3 is 2.55 bits per heavy atom. The molecule has 1 aliphatic heterocycles. The number of likely N-dealkylation sites (tertiary alicyclic amines) is 1. The molecule has 1 saturated heterocycles. The summed E-state index contributed by atoms with van der Waals surface area (Å²) in [5.74, 6) is 0.874. The molecule has 1 N–H and O–H groups in total. The quantitative estimate of drug-likeness (QED) is 0.927. The van der Waals surface area contributed by atoms with E-state index in [1.807, 2.05) is 18.7 Å². The number of rotatable bonds is 4. The third-order valence-corrected chi connectivity index (χ3v) is 5.19. The van der Waals surface area contributed by atoms with Gasteiger partial charge in [-0.05, 0) is 25.7 Å². The molecule has 2 fully saturated rings. The molecule has 0 atom stereocenters. The zero-order valence-electron chi connectivity index (χ0n) is 13.2. The Bertz CT molecular complexity index is 557.